The molecule has 1 aromatic rings. The van der Waals surface area contributed by atoms with Crippen molar-refractivity contribution in [3.05, 3.63) is 30.3 Å². The lowest BCUT2D eigenvalue weighted by Crippen LogP contribution is -2.57. The van der Waals surface area contributed by atoms with E-state index in [4.69, 9.17) is 5.73 Å². The molecule has 88 valence electrons. The van der Waals surface area contributed by atoms with Crippen LogP contribution in [0.3, 0.4) is 0 Å². The van der Waals surface area contributed by atoms with Gasteiger partial charge in [0, 0.05) is 0 Å². The molecule has 1 atom stereocenters. The molecule has 0 aliphatic rings. The summed E-state index contributed by atoms with van der Waals surface area (Å²) >= 11 is 0. The van der Waals surface area contributed by atoms with Gasteiger partial charge in [0.25, 0.3) is 11.5 Å². The summed E-state index contributed by atoms with van der Waals surface area (Å²) in [5.41, 5.74) is 1.70. The van der Waals surface area contributed by atoms with Crippen molar-refractivity contribution in [3.63, 3.8) is 0 Å². The number of nitrogens with two attached hydrogens (primary N) is 1. The van der Waals surface area contributed by atoms with E-state index in [1.165, 1.54) is 24.3 Å². The van der Waals surface area contributed by atoms with Gasteiger partial charge in [-0.15, -0.1) is 0 Å². The van der Waals surface area contributed by atoms with Crippen molar-refractivity contribution in [3.8, 4) is 5.75 Å². The lowest BCUT2D eigenvalue weighted by molar-refractivity contribution is -0.234. The highest BCUT2D eigenvalue weighted by Gasteiger charge is 2.58. The fourth-order valence-electron chi connectivity index (χ4n) is 0.972. The second-order valence-corrected chi connectivity index (χ2v) is 3.31. The molecule has 3 nitrogen and oxygen atoms in total. The summed E-state index contributed by atoms with van der Waals surface area (Å²) in [4.78, 5) is 10.8. The van der Waals surface area contributed by atoms with Crippen LogP contribution in [0.15, 0.2) is 30.3 Å². The number of primary amides is 1. The summed E-state index contributed by atoms with van der Waals surface area (Å²) in [5, 5.41) is 0. The summed E-state index contributed by atoms with van der Waals surface area (Å²) < 4.78 is 42.5. The Kier molecular flexibility index (Phi) is 3.11. The van der Waals surface area contributed by atoms with Crippen molar-refractivity contribution in [1.29, 1.82) is 0 Å². The number of amides is 1. The van der Waals surface area contributed by atoms with Gasteiger partial charge in [0.15, 0.2) is 0 Å². The van der Waals surface area contributed by atoms with Gasteiger partial charge >= 0.3 is 6.18 Å². The SMILES string of the molecule is CC(Oc1ccccc1)(C(N)=O)C(F)(F)F. The van der Waals surface area contributed by atoms with Crippen LogP contribution in [0.4, 0.5) is 13.2 Å². The summed E-state index contributed by atoms with van der Waals surface area (Å²) in [6.45, 7) is 0.600. The van der Waals surface area contributed by atoms with Crippen LogP contribution >= 0.6 is 0 Å². The van der Waals surface area contributed by atoms with Gasteiger partial charge in [-0.05, 0) is 19.1 Å². The lowest BCUT2D eigenvalue weighted by atomic mass is 10.1. The number of benzene rings is 1. The number of para-hydroxylation sites is 1. The first-order valence-corrected chi connectivity index (χ1v) is 4.38. The molecular weight excluding hydrogens is 223 g/mol. The van der Waals surface area contributed by atoms with Gasteiger partial charge in [0.2, 0.25) is 0 Å². The van der Waals surface area contributed by atoms with Crippen LogP contribution in [0.5, 0.6) is 5.75 Å². The minimum absolute atomic E-state index is 0.0684. The number of rotatable bonds is 3. The minimum atomic E-state index is -4.87. The highest BCUT2D eigenvalue weighted by molar-refractivity contribution is 5.84. The molecule has 0 heterocycles. The summed E-state index contributed by atoms with van der Waals surface area (Å²) in [6.07, 6.45) is -4.87. The van der Waals surface area contributed by atoms with Gasteiger partial charge in [0.1, 0.15) is 5.75 Å². The maximum Gasteiger partial charge on any atom is 0.437 e. The quantitative estimate of drug-likeness (QED) is 0.866. The van der Waals surface area contributed by atoms with Crippen molar-refractivity contribution in [2.45, 2.75) is 18.7 Å². The van der Waals surface area contributed by atoms with Crippen LogP contribution in [0.1, 0.15) is 6.92 Å². The van der Waals surface area contributed by atoms with Crippen molar-refractivity contribution in [2.75, 3.05) is 0 Å². The van der Waals surface area contributed by atoms with Gasteiger partial charge in [0.05, 0.1) is 0 Å². The lowest BCUT2D eigenvalue weighted by Gasteiger charge is -2.29. The monoisotopic (exact) mass is 233 g/mol. The van der Waals surface area contributed by atoms with E-state index < -0.39 is 17.7 Å². The Bertz CT molecular complexity index is 377. The molecule has 0 bridgehead atoms. The fourth-order valence-corrected chi connectivity index (χ4v) is 0.972. The van der Waals surface area contributed by atoms with Crippen molar-refractivity contribution in [1.82, 2.24) is 0 Å². The molecule has 1 amide bonds. The van der Waals surface area contributed by atoms with Crippen molar-refractivity contribution < 1.29 is 22.7 Å². The normalized spacial score (nSPS) is 15.2. The van der Waals surface area contributed by atoms with E-state index in [1.54, 1.807) is 6.07 Å². The molecule has 0 spiro atoms. The van der Waals surface area contributed by atoms with Gasteiger partial charge in [-0.25, -0.2) is 0 Å². The van der Waals surface area contributed by atoms with E-state index in [0.717, 1.165) is 0 Å². The Morgan fingerprint density at radius 3 is 2.12 bits per heavy atom. The van der Waals surface area contributed by atoms with Crippen molar-refractivity contribution >= 4 is 5.91 Å². The molecular formula is C10H10F3NO2. The second kappa shape index (κ2) is 4.03. The topological polar surface area (TPSA) is 52.3 Å². The molecule has 1 aromatic carbocycles. The predicted octanol–water partition coefficient (Wildman–Crippen LogP) is 1.87. The number of halogens is 3. The van der Waals surface area contributed by atoms with E-state index in [0.29, 0.717) is 6.92 Å². The average molecular weight is 233 g/mol. The molecule has 1 unspecified atom stereocenters. The van der Waals surface area contributed by atoms with Crippen LogP contribution < -0.4 is 10.5 Å². The third-order valence-electron chi connectivity index (χ3n) is 2.08. The third-order valence-corrected chi connectivity index (χ3v) is 2.08. The van der Waals surface area contributed by atoms with E-state index in [1.807, 2.05) is 0 Å². The Morgan fingerprint density at radius 1 is 1.25 bits per heavy atom. The molecule has 16 heavy (non-hydrogen) atoms. The van der Waals surface area contributed by atoms with Gasteiger partial charge in [-0.2, -0.15) is 13.2 Å². The van der Waals surface area contributed by atoms with Crippen LogP contribution in [-0.4, -0.2) is 17.7 Å². The highest BCUT2D eigenvalue weighted by Crippen LogP contribution is 2.34. The molecule has 0 aliphatic carbocycles. The molecule has 0 aromatic heterocycles. The maximum atomic E-state index is 12.6. The van der Waals surface area contributed by atoms with Crippen LogP contribution in [0.25, 0.3) is 0 Å². The number of hydrogen-bond donors (Lipinski definition) is 1. The number of hydrogen-bond acceptors (Lipinski definition) is 2. The van der Waals surface area contributed by atoms with E-state index >= 15 is 0 Å². The predicted molar refractivity (Wildman–Crippen MR) is 50.7 cm³/mol. The fraction of sp³-hybridized carbons (Fsp3) is 0.300. The summed E-state index contributed by atoms with van der Waals surface area (Å²) in [5.74, 6) is -1.65. The molecule has 2 N–H and O–H groups in total. The first-order valence-electron chi connectivity index (χ1n) is 4.38. The average Bonchev–Trinajstić information content (AvgIpc) is 2.17. The number of ether oxygens (including phenoxy) is 1. The van der Waals surface area contributed by atoms with E-state index in [9.17, 15) is 18.0 Å². The molecule has 1 rings (SSSR count). The zero-order valence-corrected chi connectivity index (χ0v) is 8.41. The molecule has 0 radical (unpaired) electrons. The molecule has 0 saturated heterocycles. The van der Waals surface area contributed by atoms with Gasteiger partial charge in [-0.1, -0.05) is 18.2 Å². The Morgan fingerprint density at radius 2 is 1.75 bits per heavy atom. The number of carbonyl (C=O) groups excluding carboxylic acids is 1. The molecule has 0 fully saturated rings. The Labute approximate surface area is 90.0 Å². The Balaban J connectivity index is 3.03. The van der Waals surface area contributed by atoms with Gasteiger partial charge in [-0.3, -0.25) is 4.79 Å². The highest BCUT2D eigenvalue weighted by atomic mass is 19.4. The Hall–Kier alpha value is -1.72. The third kappa shape index (κ3) is 2.26. The van der Waals surface area contributed by atoms with E-state index in [-0.39, 0.29) is 5.75 Å². The number of alkyl halides is 3. The smallest absolute Gasteiger partial charge is 0.437 e. The van der Waals surface area contributed by atoms with E-state index in [2.05, 4.69) is 4.74 Å². The van der Waals surface area contributed by atoms with Crippen LogP contribution in [0.2, 0.25) is 0 Å². The second-order valence-electron chi connectivity index (χ2n) is 3.31. The zero-order chi connectivity index (χ0) is 12.4. The largest absolute Gasteiger partial charge is 0.468 e. The minimum Gasteiger partial charge on any atom is -0.468 e. The first-order chi connectivity index (χ1) is 7.27. The summed E-state index contributed by atoms with van der Waals surface area (Å²) in [7, 11) is 0. The molecule has 0 aliphatic heterocycles. The van der Waals surface area contributed by atoms with Crippen LogP contribution in [-0.2, 0) is 4.79 Å². The zero-order valence-electron chi connectivity index (χ0n) is 8.41. The maximum absolute atomic E-state index is 12.6. The van der Waals surface area contributed by atoms with Crippen LogP contribution in [0, 0.1) is 0 Å². The standard InChI is InChI=1S/C10H10F3NO2/c1-9(8(14)15,10(11,12)13)16-7-5-3-2-4-6-7/h2-6H,1H3,(H2,14,15). The first kappa shape index (κ1) is 12.4. The molecule has 6 heteroatoms. The number of carbonyl (C=O) groups is 1. The molecule has 0 saturated carbocycles. The van der Waals surface area contributed by atoms with Gasteiger partial charge < -0.3 is 10.5 Å². The summed E-state index contributed by atoms with van der Waals surface area (Å²) in [6, 6.07) is 7.22. The van der Waals surface area contributed by atoms with Crippen molar-refractivity contribution in [2.24, 2.45) is 5.73 Å².